The van der Waals surface area contributed by atoms with Crippen LogP contribution < -0.4 is 0 Å². The monoisotopic (exact) mass is 254 g/mol. The molecule has 1 unspecified atom stereocenters. The van der Waals surface area contributed by atoms with Gasteiger partial charge in [0.25, 0.3) is 0 Å². The average molecular weight is 255 g/mol. The van der Waals surface area contributed by atoms with Crippen molar-refractivity contribution < 1.29 is 0 Å². The Morgan fingerprint density at radius 1 is 1.56 bits per heavy atom. The van der Waals surface area contributed by atoms with E-state index in [9.17, 15) is 0 Å². The first-order valence-electron chi connectivity index (χ1n) is 5.04. The summed E-state index contributed by atoms with van der Waals surface area (Å²) in [4.78, 5) is 4.49. The van der Waals surface area contributed by atoms with Gasteiger partial charge in [-0.15, -0.1) is 18.2 Å². The predicted octanol–water partition coefficient (Wildman–Crippen LogP) is 4.18. The number of rotatable bonds is 3. The van der Waals surface area contributed by atoms with Crippen LogP contribution >= 0.6 is 23.2 Å². The normalized spacial score (nSPS) is 12.9. The minimum absolute atomic E-state index is 0.133. The van der Waals surface area contributed by atoms with Gasteiger partial charge in [0.05, 0.1) is 16.4 Å². The maximum atomic E-state index is 6.10. The van der Waals surface area contributed by atoms with E-state index < -0.39 is 0 Å². The lowest BCUT2D eigenvalue weighted by Crippen LogP contribution is -2.02. The number of aromatic nitrogens is 2. The molecule has 0 aliphatic rings. The fourth-order valence-electron chi connectivity index (χ4n) is 1.75. The zero-order valence-corrected chi connectivity index (χ0v) is 10.5. The molecular weight excluding hydrogens is 243 g/mol. The molecule has 1 aromatic heterocycles. The topological polar surface area (TPSA) is 17.8 Å². The van der Waals surface area contributed by atoms with Crippen LogP contribution in [0, 0.1) is 0 Å². The highest BCUT2D eigenvalue weighted by molar-refractivity contribution is 6.31. The van der Waals surface area contributed by atoms with E-state index in [0.717, 1.165) is 16.9 Å². The standard InChI is InChI=1S/C12H12Cl2N2/c1-3-6-16-11-5-4-9(14)7-10(11)15-12(16)8(2)13/h3-5,7-8H,1,6H2,2H3. The third kappa shape index (κ3) is 1.95. The number of allylic oxidation sites excluding steroid dienone is 1. The number of fused-ring (bicyclic) bond motifs is 1. The summed E-state index contributed by atoms with van der Waals surface area (Å²) in [6, 6.07) is 5.66. The van der Waals surface area contributed by atoms with Crippen molar-refractivity contribution in [3.05, 3.63) is 41.7 Å². The molecule has 0 aliphatic heterocycles. The van der Waals surface area contributed by atoms with Crippen LogP contribution in [0.5, 0.6) is 0 Å². The van der Waals surface area contributed by atoms with E-state index in [1.807, 2.05) is 31.2 Å². The van der Waals surface area contributed by atoms with Gasteiger partial charge in [0.15, 0.2) is 0 Å². The summed E-state index contributed by atoms with van der Waals surface area (Å²) in [5, 5.41) is 0.552. The molecule has 0 radical (unpaired) electrons. The molecule has 0 aliphatic carbocycles. The summed E-state index contributed by atoms with van der Waals surface area (Å²) in [5.74, 6) is 0.846. The van der Waals surface area contributed by atoms with Gasteiger partial charge < -0.3 is 4.57 Å². The van der Waals surface area contributed by atoms with Gasteiger partial charge in [0, 0.05) is 11.6 Å². The smallest absolute Gasteiger partial charge is 0.128 e. The van der Waals surface area contributed by atoms with Crippen LogP contribution in [0.4, 0.5) is 0 Å². The van der Waals surface area contributed by atoms with Crippen molar-refractivity contribution in [3.63, 3.8) is 0 Å². The molecule has 1 aromatic carbocycles. The molecule has 84 valence electrons. The average Bonchev–Trinajstić information content (AvgIpc) is 2.57. The SMILES string of the molecule is C=CCn1c(C(C)Cl)nc2cc(Cl)ccc21. The summed E-state index contributed by atoms with van der Waals surface area (Å²) in [7, 11) is 0. The highest BCUT2D eigenvalue weighted by atomic mass is 35.5. The molecule has 4 heteroatoms. The second-order valence-electron chi connectivity index (χ2n) is 3.62. The zero-order chi connectivity index (χ0) is 11.7. The number of hydrogen-bond acceptors (Lipinski definition) is 1. The molecule has 0 fully saturated rings. The van der Waals surface area contributed by atoms with E-state index in [0.29, 0.717) is 11.6 Å². The maximum Gasteiger partial charge on any atom is 0.128 e. The zero-order valence-electron chi connectivity index (χ0n) is 8.95. The molecule has 2 nitrogen and oxygen atoms in total. The molecule has 2 rings (SSSR count). The van der Waals surface area contributed by atoms with Gasteiger partial charge in [0.1, 0.15) is 5.82 Å². The van der Waals surface area contributed by atoms with Crippen molar-refractivity contribution in [2.24, 2.45) is 0 Å². The van der Waals surface area contributed by atoms with Crippen LogP contribution in [0.15, 0.2) is 30.9 Å². The summed E-state index contributed by atoms with van der Waals surface area (Å²) in [6.07, 6.45) is 1.83. The minimum atomic E-state index is -0.133. The van der Waals surface area contributed by atoms with Gasteiger partial charge in [-0.3, -0.25) is 0 Å². The molecule has 0 saturated heterocycles. The Morgan fingerprint density at radius 3 is 2.94 bits per heavy atom. The highest BCUT2D eigenvalue weighted by Crippen LogP contribution is 2.26. The Morgan fingerprint density at radius 2 is 2.31 bits per heavy atom. The number of imidazole rings is 1. The molecule has 16 heavy (non-hydrogen) atoms. The molecular formula is C12H12Cl2N2. The second-order valence-corrected chi connectivity index (χ2v) is 4.71. The fraction of sp³-hybridized carbons (Fsp3) is 0.250. The molecule has 0 spiro atoms. The minimum Gasteiger partial charge on any atom is -0.323 e. The third-order valence-corrected chi connectivity index (χ3v) is 2.84. The number of halogens is 2. The summed E-state index contributed by atoms with van der Waals surface area (Å²) >= 11 is 12.0. The number of alkyl halides is 1. The van der Waals surface area contributed by atoms with Gasteiger partial charge in [-0.25, -0.2) is 4.98 Å². The van der Waals surface area contributed by atoms with Crippen LogP contribution in [-0.2, 0) is 6.54 Å². The third-order valence-electron chi connectivity index (χ3n) is 2.41. The van der Waals surface area contributed by atoms with Crippen molar-refractivity contribution in [1.29, 1.82) is 0 Å². The van der Waals surface area contributed by atoms with E-state index in [1.165, 1.54) is 0 Å². The lowest BCUT2D eigenvalue weighted by molar-refractivity contribution is 0.758. The number of benzene rings is 1. The number of hydrogen-bond donors (Lipinski definition) is 0. The molecule has 0 amide bonds. The fourth-order valence-corrected chi connectivity index (χ4v) is 2.08. The quantitative estimate of drug-likeness (QED) is 0.594. The van der Waals surface area contributed by atoms with Crippen LogP contribution in [0.25, 0.3) is 11.0 Å². The van der Waals surface area contributed by atoms with Crippen molar-refractivity contribution in [1.82, 2.24) is 9.55 Å². The van der Waals surface area contributed by atoms with Crippen molar-refractivity contribution in [2.45, 2.75) is 18.8 Å². The van der Waals surface area contributed by atoms with Crippen molar-refractivity contribution in [2.75, 3.05) is 0 Å². The van der Waals surface area contributed by atoms with E-state index in [-0.39, 0.29) is 5.38 Å². The van der Waals surface area contributed by atoms with E-state index in [1.54, 1.807) is 0 Å². The maximum absolute atomic E-state index is 6.10. The molecule has 0 saturated carbocycles. The Balaban J connectivity index is 2.70. The van der Waals surface area contributed by atoms with Crippen molar-refractivity contribution >= 4 is 34.2 Å². The van der Waals surface area contributed by atoms with E-state index in [4.69, 9.17) is 23.2 Å². The molecule has 0 N–H and O–H groups in total. The Labute approximate surface area is 104 Å². The molecule has 1 heterocycles. The first-order chi connectivity index (χ1) is 7.63. The largest absolute Gasteiger partial charge is 0.323 e. The summed E-state index contributed by atoms with van der Waals surface area (Å²) < 4.78 is 2.05. The van der Waals surface area contributed by atoms with Crippen LogP contribution in [0.2, 0.25) is 5.02 Å². The van der Waals surface area contributed by atoms with Crippen molar-refractivity contribution in [3.8, 4) is 0 Å². The van der Waals surface area contributed by atoms with Crippen LogP contribution in [0.1, 0.15) is 18.1 Å². The molecule has 2 aromatic rings. The first kappa shape index (κ1) is 11.5. The first-order valence-corrected chi connectivity index (χ1v) is 5.85. The predicted molar refractivity (Wildman–Crippen MR) is 69.2 cm³/mol. The van der Waals surface area contributed by atoms with E-state index in [2.05, 4.69) is 16.1 Å². The second kappa shape index (κ2) is 4.48. The molecule has 0 bridgehead atoms. The number of nitrogens with zero attached hydrogens (tertiary/aromatic N) is 2. The van der Waals surface area contributed by atoms with Crippen LogP contribution in [-0.4, -0.2) is 9.55 Å². The Kier molecular flexibility index (Phi) is 3.22. The Bertz CT molecular complexity index is 529. The van der Waals surface area contributed by atoms with E-state index >= 15 is 0 Å². The van der Waals surface area contributed by atoms with Gasteiger partial charge in [0.2, 0.25) is 0 Å². The highest BCUT2D eigenvalue weighted by Gasteiger charge is 2.13. The van der Waals surface area contributed by atoms with Gasteiger partial charge in [-0.1, -0.05) is 17.7 Å². The Hall–Kier alpha value is -0.990. The van der Waals surface area contributed by atoms with Gasteiger partial charge >= 0.3 is 0 Å². The molecule has 1 atom stereocenters. The summed E-state index contributed by atoms with van der Waals surface area (Å²) in [6.45, 7) is 6.35. The van der Waals surface area contributed by atoms with Gasteiger partial charge in [-0.2, -0.15) is 0 Å². The van der Waals surface area contributed by atoms with Crippen LogP contribution in [0.3, 0.4) is 0 Å². The van der Waals surface area contributed by atoms with Gasteiger partial charge in [-0.05, 0) is 25.1 Å². The lowest BCUT2D eigenvalue weighted by atomic mass is 10.3. The lowest BCUT2D eigenvalue weighted by Gasteiger charge is -2.07. The summed E-state index contributed by atoms with van der Waals surface area (Å²) in [5.41, 5.74) is 1.91.